The molecule has 0 saturated heterocycles. The molecule has 0 aliphatic carbocycles. The van der Waals surface area contributed by atoms with Gasteiger partial charge in [0.15, 0.2) is 5.15 Å². The van der Waals surface area contributed by atoms with E-state index in [0.29, 0.717) is 17.4 Å². The maximum absolute atomic E-state index is 11.9. The first-order valence-electron chi connectivity index (χ1n) is 5.87. The first kappa shape index (κ1) is 15.4. The summed E-state index contributed by atoms with van der Waals surface area (Å²) >= 11 is 11.0. The van der Waals surface area contributed by atoms with E-state index in [4.69, 9.17) is 11.6 Å². The van der Waals surface area contributed by atoms with Crippen LogP contribution in [0.25, 0.3) is 0 Å². The quantitative estimate of drug-likeness (QED) is 0.813. The van der Waals surface area contributed by atoms with Gasteiger partial charge in [0.05, 0.1) is 16.0 Å². The van der Waals surface area contributed by atoms with Crippen molar-refractivity contribution in [3.63, 3.8) is 0 Å². The molecule has 0 aromatic carbocycles. The zero-order chi connectivity index (χ0) is 14.5. The van der Waals surface area contributed by atoms with Crippen LogP contribution >= 0.6 is 38.9 Å². The lowest BCUT2D eigenvalue weighted by atomic mass is 10.4. The van der Waals surface area contributed by atoms with Crippen molar-refractivity contribution in [3.05, 3.63) is 44.3 Å². The van der Waals surface area contributed by atoms with Crippen molar-refractivity contribution in [1.29, 1.82) is 0 Å². The number of anilines is 1. The van der Waals surface area contributed by atoms with Crippen LogP contribution in [0.3, 0.4) is 0 Å². The fourth-order valence-electron chi connectivity index (χ4n) is 1.67. The van der Waals surface area contributed by atoms with E-state index in [1.165, 1.54) is 4.88 Å². The number of carbonyl (C=O) groups is 1. The lowest BCUT2D eigenvalue weighted by Crippen LogP contribution is -2.29. The van der Waals surface area contributed by atoms with Crippen LogP contribution in [0.1, 0.15) is 4.88 Å². The minimum Gasteiger partial charge on any atom is -0.322 e. The van der Waals surface area contributed by atoms with Crippen LogP contribution in [0, 0.1) is 0 Å². The zero-order valence-corrected chi connectivity index (χ0v) is 13.9. The van der Waals surface area contributed by atoms with E-state index < -0.39 is 0 Å². The van der Waals surface area contributed by atoms with E-state index >= 15 is 0 Å². The lowest BCUT2D eigenvalue weighted by Gasteiger charge is -2.15. The molecule has 0 bridgehead atoms. The number of pyridine rings is 1. The van der Waals surface area contributed by atoms with Crippen molar-refractivity contribution in [1.82, 2.24) is 9.88 Å². The molecule has 7 heteroatoms. The maximum Gasteiger partial charge on any atom is 0.238 e. The molecule has 0 radical (unpaired) electrons. The predicted molar refractivity (Wildman–Crippen MR) is 86.2 cm³/mol. The third-order valence-corrected chi connectivity index (χ3v) is 4.41. The molecule has 0 atom stereocenters. The van der Waals surface area contributed by atoms with Crippen LogP contribution in [0.2, 0.25) is 5.15 Å². The molecule has 2 aromatic rings. The number of carbonyl (C=O) groups excluding carboxylic acids is 1. The van der Waals surface area contributed by atoms with Gasteiger partial charge in [-0.25, -0.2) is 4.98 Å². The van der Waals surface area contributed by atoms with Gasteiger partial charge in [-0.1, -0.05) is 11.6 Å². The minimum absolute atomic E-state index is 0.113. The highest BCUT2D eigenvalue weighted by Gasteiger charge is 2.10. The number of thiophene rings is 1. The number of aromatic nitrogens is 1. The summed E-state index contributed by atoms with van der Waals surface area (Å²) in [7, 11) is 1.90. The van der Waals surface area contributed by atoms with Crippen LogP contribution in [0.15, 0.2) is 34.2 Å². The second kappa shape index (κ2) is 7.17. The standard InChI is InChI=1S/C13H13BrClN3OS/c1-18(7-9-4-5-11(14)20-9)8-12(19)17-10-3-2-6-16-13(10)15/h2-6H,7-8H2,1H3,(H,17,19). The largest absolute Gasteiger partial charge is 0.322 e. The Bertz CT molecular complexity index is 605. The molecule has 2 aromatic heterocycles. The molecule has 2 heterocycles. The molecule has 4 nitrogen and oxygen atoms in total. The smallest absolute Gasteiger partial charge is 0.238 e. The molecule has 1 amide bonds. The molecular weight excluding hydrogens is 362 g/mol. The number of hydrogen-bond acceptors (Lipinski definition) is 4. The Morgan fingerprint density at radius 2 is 2.30 bits per heavy atom. The van der Waals surface area contributed by atoms with Crippen LogP contribution in [-0.2, 0) is 11.3 Å². The van der Waals surface area contributed by atoms with E-state index in [9.17, 15) is 4.79 Å². The van der Waals surface area contributed by atoms with Crippen LogP contribution < -0.4 is 5.32 Å². The van der Waals surface area contributed by atoms with Gasteiger partial charge in [0.2, 0.25) is 5.91 Å². The summed E-state index contributed by atoms with van der Waals surface area (Å²) in [6.07, 6.45) is 1.58. The summed E-state index contributed by atoms with van der Waals surface area (Å²) < 4.78 is 1.09. The molecule has 106 valence electrons. The Labute approximate surface area is 134 Å². The average Bonchev–Trinajstić information content (AvgIpc) is 2.77. The molecule has 20 heavy (non-hydrogen) atoms. The van der Waals surface area contributed by atoms with Gasteiger partial charge in [0.25, 0.3) is 0 Å². The summed E-state index contributed by atoms with van der Waals surface area (Å²) in [5.74, 6) is -0.113. The second-order valence-corrected chi connectivity index (χ2v) is 7.17. The van der Waals surface area contributed by atoms with Gasteiger partial charge in [-0.3, -0.25) is 9.69 Å². The van der Waals surface area contributed by atoms with Crippen molar-refractivity contribution in [2.75, 3.05) is 18.9 Å². The number of hydrogen-bond donors (Lipinski definition) is 1. The Balaban J connectivity index is 1.86. The molecule has 0 saturated carbocycles. The number of rotatable bonds is 5. The molecular formula is C13H13BrClN3OS. The van der Waals surface area contributed by atoms with Gasteiger partial charge in [-0.15, -0.1) is 11.3 Å². The second-order valence-electron chi connectivity index (χ2n) is 4.27. The predicted octanol–water partition coefficient (Wildman–Crippen LogP) is 3.63. The first-order valence-corrected chi connectivity index (χ1v) is 7.86. The van der Waals surface area contributed by atoms with Gasteiger partial charge in [0, 0.05) is 17.6 Å². The van der Waals surface area contributed by atoms with Crippen molar-refractivity contribution >= 4 is 50.5 Å². The normalized spacial score (nSPS) is 10.8. The fraction of sp³-hybridized carbons (Fsp3) is 0.231. The molecule has 0 aliphatic rings. The highest BCUT2D eigenvalue weighted by atomic mass is 79.9. The van der Waals surface area contributed by atoms with Crippen LogP contribution in [0.4, 0.5) is 5.69 Å². The number of nitrogens with one attached hydrogen (secondary N) is 1. The Morgan fingerprint density at radius 1 is 1.50 bits per heavy atom. The third kappa shape index (κ3) is 4.56. The molecule has 1 N–H and O–H groups in total. The third-order valence-electron chi connectivity index (χ3n) is 2.50. The van der Waals surface area contributed by atoms with Crippen molar-refractivity contribution < 1.29 is 4.79 Å². The SMILES string of the molecule is CN(CC(=O)Nc1cccnc1Cl)Cc1ccc(Br)s1. The van der Waals surface area contributed by atoms with Gasteiger partial charge in [0.1, 0.15) is 0 Å². The van der Waals surface area contributed by atoms with Crippen molar-refractivity contribution in [3.8, 4) is 0 Å². The monoisotopic (exact) mass is 373 g/mol. The van der Waals surface area contributed by atoms with Crippen LogP contribution in [0.5, 0.6) is 0 Å². The molecule has 0 unspecified atom stereocenters. The number of amides is 1. The van der Waals surface area contributed by atoms with E-state index in [0.717, 1.165) is 10.3 Å². The van der Waals surface area contributed by atoms with Gasteiger partial charge in [-0.2, -0.15) is 0 Å². The lowest BCUT2D eigenvalue weighted by molar-refractivity contribution is -0.117. The highest BCUT2D eigenvalue weighted by molar-refractivity contribution is 9.11. The van der Waals surface area contributed by atoms with E-state index in [-0.39, 0.29) is 5.91 Å². The van der Waals surface area contributed by atoms with Crippen molar-refractivity contribution in [2.24, 2.45) is 0 Å². The summed E-state index contributed by atoms with van der Waals surface area (Å²) in [5.41, 5.74) is 0.534. The number of likely N-dealkylation sites (N-methyl/N-ethyl adjacent to an activating group) is 1. The summed E-state index contributed by atoms with van der Waals surface area (Å²) in [6, 6.07) is 7.50. The van der Waals surface area contributed by atoms with E-state index in [1.807, 2.05) is 24.1 Å². The number of halogens is 2. The zero-order valence-electron chi connectivity index (χ0n) is 10.8. The Morgan fingerprint density at radius 3 is 2.95 bits per heavy atom. The van der Waals surface area contributed by atoms with Gasteiger partial charge >= 0.3 is 0 Å². The highest BCUT2D eigenvalue weighted by Crippen LogP contribution is 2.23. The Kier molecular flexibility index (Phi) is 5.54. The van der Waals surface area contributed by atoms with Crippen molar-refractivity contribution in [2.45, 2.75) is 6.54 Å². The molecule has 0 aliphatic heterocycles. The summed E-state index contributed by atoms with van der Waals surface area (Å²) in [6.45, 7) is 1.02. The first-order chi connectivity index (χ1) is 9.54. The van der Waals surface area contributed by atoms with E-state index in [2.05, 4.69) is 26.2 Å². The fourth-order valence-corrected chi connectivity index (χ4v) is 3.40. The minimum atomic E-state index is -0.113. The number of nitrogens with zero attached hydrogens (tertiary/aromatic N) is 2. The van der Waals surface area contributed by atoms with Gasteiger partial charge in [-0.05, 0) is 47.2 Å². The average molecular weight is 375 g/mol. The van der Waals surface area contributed by atoms with Crippen LogP contribution in [-0.4, -0.2) is 29.4 Å². The summed E-state index contributed by atoms with van der Waals surface area (Å²) in [5, 5.41) is 3.05. The van der Waals surface area contributed by atoms with E-state index in [1.54, 1.807) is 29.7 Å². The molecule has 2 rings (SSSR count). The maximum atomic E-state index is 11.9. The molecule has 0 spiro atoms. The van der Waals surface area contributed by atoms with Gasteiger partial charge < -0.3 is 5.32 Å². The summed E-state index contributed by atoms with van der Waals surface area (Å²) in [4.78, 5) is 19.0. The Hall–Kier alpha value is -0.950. The topological polar surface area (TPSA) is 45.2 Å². The molecule has 0 fully saturated rings.